The van der Waals surface area contributed by atoms with E-state index < -0.39 is 17.0 Å². The molecular formula is C13H12N2O6. The van der Waals surface area contributed by atoms with Gasteiger partial charge in [0.05, 0.1) is 10.3 Å². The van der Waals surface area contributed by atoms with Crippen molar-refractivity contribution in [3.63, 3.8) is 0 Å². The Bertz CT molecular complexity index is 687. The van der Waals surface area contributed by atoms with Crippen LogP contribution in [0.25, 0.3) is 10.9 Å². The fourth-order valence-electron chi connectivity index (χ4n) is 1.61. The highest BCUT2D eigenvalue weighted by atomic mass is 17.2. The van der Waals surface area contributed by atoms with Crippen LogP contribution in [0.2, 0.25) is 0 Å². The predicted molar refractivity (Wildman–Crippen MR) is 71.6 cm³/mol. The standard InChI is InChI=1S/C13H12N2O6/c1-8(19-2)13(16)21-20-11-6-5-10(15(17)18)9-4-3-7-14-12(9)11/h3-8H,1-2H3. The van der Waals surface area contributed by atoms with Gasteiger partial charge in [0, 0.05) is 19.4 Å². The highest BCUT2D eigenvalue weighted by Gasteiger charge is 2.19. The van der Waals surface area contributed by atoms with E-state index in [1.807, 2.05) is 0 Å². The molecule has 1 atom stereocenters. The molecule has 8 heteroatoms. The number of hydrogen-bond acceptors (Lipinski definition) is 7. The molecule has 1 aromatic carbocycles. The minimum atomic E-state index is -0.790. The van der Waals surface area contributed by atoms with Crippen molar-refractivity contribution >= 4 is 22.6 Å². The summed E-state index contributed by atoms with van der Waals surface area (Å²) in [7, 11) is 1.36. The van der Waals surface area contributed by atoms with Crippen LogP contribution in [-0.4, -0.2) is 29.1 Å². The Morgan fingerprint density at radius 3 is 2.81 bits per heavy atom. The fourth-order valence-corrected chi connectivity index (χ4v) is 1.61. The highest BCUT2D eigenvalue weighted by Crippen LogP contribution is 2.31. The predicted octanol–water partition coefficient (Wildman–Crippen LogP) is 2.01. The third-order valence-corrected chi connectivity index (χ3v) is 2.81. The lowest BCUT2D eigenvalue weighted by molar-refractivity contribution is -0.383. The zero-order valence-corrected chi connectivity index (χ0v) is 11.3. The number of carbonyl (C=O) groups excluding carboxylic acids is 1. The molecule has 1 unspecified atom stereocenters. The summed E-state index contributed by atoms with van der Waals surface area (Å²) in [5.41, 5.74) is 0.117. The number of pyridine rings is 1. The number of rotatable bonds is 5. The summed E-state index contributed by atoms with van der Waals surface area (Å²) in [5, 5.41) is 11.2. The van der Waals surface area contributed by atoms with Crippen molar-refractivity contribution in [1.82, 2.24) is 4.98 Å². The number of non-ortho nitro benzene ring substituents is 1. The van der Waals surface area contributed by atoms with Crippen LogP contribution in [0.5, 0.6) is 5.75 Å². The zero-order valence-electron chi connectivity index (χ0n) is 11.3. The number of nitro groups is 1. The van der Waals surface area contributed by atoms with E-state index in [2.05, 4.69) is 9.87 Å². The van der Waals surface area contributed by atoms with E-state index >= 15 is 0 Å². The number of carbonyl (C=O) groups is 1. The van der Waals surface area contributed by atoms with Gasteiger partial charge in [0.1, 0.15) is 5.52 Å². The summed E-state index contributed by atoms with van der Waals surface area (Å²) in [6, 6.07) is 5.68. The van der Waals surface area contributed by atoms with Crippen LogP contribution in [0.4, 0.5) is 5.69 Å². The molecule has 0 spiro atoms. The molecule has 0 radical (unpaired) electrons. The molecule has 0 aliphatic heterocycles. The SMILES string of the molecule is COC(C)C(=O)OOc1ccc([N+](=O)[O-])c2cccnc12. The lowest BCUT2D eigenvalue weighted by Gasteiger charge is -2.09. The van der Waals surface area contributed by atoms with E-state index in [0.29, 0.717) is 0 Å². The van der Waals surface area contributed by atoms with Crippen molar-refractivity contribution < 1.29 is 24.2 Å². The number of methoxy groups -OCH3 is 1. The molecule has 8 nitrogen and oxygen atoms in total. The Balaban J connectivity index is 2.32. The smallest absolute Gasteiger partial charge is 0.370 e. The molecule has 110 valence electrons. The van der Waals surface area contributed by atoms with E-state index in [1.54, 1.807) is 6.07 Å². The van der Waals surface area contributed by atoms with Crippen LogP contribution in [0.15, 0.2) is 30.5 Å². The largest absolute Gasteiger partial charge is 0.383 e. The van der Waals surface area contributed by atoms with Gasteiger partial charge in [-0.15, -0.1) is 0 Å². The van der Waals surface area contributed by atoms with E-state index in [0.717, 1.165) is 0 Å². The minimum Gasteiger partial charge on any atom is -0.370 e. The van der Waals surface area contributed by atoms with Crippen molar-refractivity contribution in [3.8, 4) is 5.75 Å². The molecule has 0 fully saturated rings. The third kappa shape index (κ3) is 3.06. The van der Waals surface area contributed by atoms with Gasteiger partial charge in [0.15, 0.2) is 6.10 Å². The normalized spacial score (nSPS) is 11.9. The number of nitrogens with zero attached hydrogens (tertiary/aromatic N) is 2. The Kier molecular flexibility index (Phi) is 4.29. The van der Waals surface area contributed by atoms with Gasteiger partial charge in [-0.1, -0.05) is 0 Å². The first kappa shape index (κ1) is 14.7. The monoisotopic (exact) mass is 292 g/mol. The quantitative estimate of drug-likeness (QED) is 0.472. The number of hydrogen-bond donors (Lipinski definition) is 0. The first-order valence-corrected chi connectivity index (χ1v) is 5.98. The maximum Gasteiger partial charge on any atom is 0.383 e. The molecule has 1 heterocycles. The topological polar surface area (TPSA) is 101 Å². The van der Waals surface area contributed by atoms with Gasteiger partial charge in [-0.05, 0) is 25.1 Å². The molecule has 0 aliphatic rings. The minimum absolute atomic E-state index is 0.104. The van der Waals surface area contributed by atoms with Crippen molar-refractivity contribution in [2.75, 3.05) is 7.11 Å². The molecule has 0 saturated carbocycles. The molecule has 0 aliphatic carbocycles. The Morgan fingerprint density at radius 2 is 2.14 bits per heavy atom. The lowest BCUT2D eigenvalue weighted by atomic mass is 10.2. The highest BCUT2D eigenvalue weighted by molar-refractivity contribution is 5.92. The van der Waals surface area contributed by atoms with Crippen molar-refractivity contribution in [2.24, 2.45) is 0 Å². The maximum absolute atomic E-state index is 11.5. The molecule has 0 N–H and O–H groups in total. The van der Waals surface area contributed by atoms with Gasteiger partial charge in [-0.25, -0.2) is 9.68 Å². The summed E-state index contributed by atoms with van der Waals surface area (Å²) in [6.07, 6.45) is 0.667. The van der Waals surface area contributed by atoms with Crippen LogP contribution in [0.3, 0.4) is 0 Å². The van der Waals surface area contributed by atoms with Gasteiger partial charge >= 0.3 is 5.97 Å². The van der Waals surface area contributed by atoms with Gasteiger partial charge in [0.2, 0.25) is 5.75 Å². The second kappa shape index (κ2) is 6.14. The summed E-state index contributed by atoms with van der Waals surface area (Å²) >= 11 is 0. The van der Waals surface area contributed by atoms with Gasteiger partial charge in [-0.3, -0.25) is 20.0 Å². The van der Waals surface area contributed by atoms with E-state index in [9.17, 15) is 14.9 Å². The average molecular weight is 292 g/mol. The molecular weight excluding hydrogens is 280 g/mol. The van der Waals surface area contributed by atoms with Crippen molar-refractivity contribution in [2.45, 2.75) is 13.0 Å². The summed E-state index contributed by atoms with van der Waals surface area (Å²) in [4.78, 5) is 35.4. The second-order valence-corrected chi connectivity index (χ2v) is 4.10. The Hall–Kier alpha value is -2.74. The number of benzene rings is 1. The number of nitro benzene ring substituents is 1. The number of aromatic nitrogens is 1. The summed E-state index contributed by atoms with van der Waals surface area (Å²) < 4.78 is 4.78. The van der Waals surface area contributed by atoms with E-state index in [1.165, 1.54) is 38.4 Å². The van der Waals surface area contributed by atoms with Crippen LogP contribution in [-0.2, 0) is 14.4 Å². The second-order valence-electron chi connectivity index (χ2n) is 4.10. The van der Waals surface area contributed by atoms with Crippen molar-refractivity contribution in [1.29, 1.82) is 0 Å². The molecule has 21 heavy (non-hydrogen) atoms. The lowest BCUT2D eigenvalue weighted by Crippen LogP contribution is -2.23. The molecule has 2 aromatic rings. The molecule has 0 saturated heterocycles. The van der Waals surface area contributed by atoms with Gasteiger partial charge in [0.25, 0.3) is 5.69 Å². The molecule has 1 aromatic heterocycles. The van der Waals surface area contributed by atoms with Crippen LogP contribution < -0.4 is 4.89 Å². The van der Waals surface area contributed by atoms with Crippen LogP contribution in [0.1, 0.15) is 6.92 Å². The molecule has 0 amide bonds. The number of fused-ring (bicyclic) bond motifs is 1. The Labute approximate surface area is 119 Å². The van der Waals surface area contributed by atoms with E-state index in [-0.39, 0.29) is 22.3 Å². The Morgan fingerprint density at radius 1 is 1.38 bits per heavy atom. The average Bonchev–Trinajstić information content (AvgIpc) is 2.51. The van der Waals surface area contributed by atoms with Gasteiger partial charge in [-0.2, -0.15) is 0 Å². The van der Waals surface area contributed by atoms with Crippen LogP contribution in [0, 0.1) is 10.1 Å². The summed E-state index contributed by atoms with van der Waals surface area (Å²) in [5.74, 6) is -0.618. The summed E-state index contributed by atoms with van der Waals surface area (Å²) in [6.45, 7) is 1.50. The first-order chi connectivity index (χ1) is 10.0. The fraction of sp³-hybridized carbons (Fsp3) is 0.231. The maximum atomic E-state index is 11.5. The third-order valence-electron chi connectivity index (χ3n) is 2.81. The van der Waals surface area contributed by atoms with Crippen molar-refractivity contribution in [3.05, 3.63) is 40.6 Å². The molecule has 2 rings (SSSR count). The van der Waals surface area contributed by atoms with Crippen LogP contribution >= 0.6 is 0 Å². The first-order valence-electron chi connectivity index (χ1n) is 5.98. The van der Waals surface area contributed by atoms with E-state index in [4.69, 9.17) is 9.62 Å². The molecule has 0 bridgehead atoms. The zero-order chi connectivity index (χ0) is 15.4. The number of ether oxygens (including phenoxy) is 1. The van der Waals surface area contributed by atoms with Gasteiger partial charge < -0.3 is 4.74 Å².